The maximum absolute atomic E-state index is 12.3. The molecule has 1 aromatic rings. The Morgan fingerprint density at radius 2 is 1.95 bits per heavy atom. The van der Waals surface area contributed by atoms with Crippen molar-refractivity contribution in [1.29, 1.82) is 0 Å². The number of hydrogen-bond donors (Lipinski definition) is 0. The number of benzene rings is 1. The molecule has 1 amide bonds. The van der Waals surface area contributed by atoms with Gasteiger partial charge >= 0.3 is 0 Å². The van der Waals surface area contributed by atoms with E-state index in [0.717, 1.165) is 18.4 Å². The number of hydrogen-bond acceptors (Lipinski definition) is 2. The molecule has 100 valence electrons. The molecule has 0 N–H and O–H groups in total. The lowest BCUT2D eigenvalue weighted by Gasteiger charge is -2.34. The molecule has 1 saturated carbocycles. The van der Waals surface area contributed by atoms with Crippen molar-refractivity contribution < 1.29 is 9.59 Å². The number of fused-ring (bicyclic) bond motifs is 1. The summed E-state index contributed by atoms with van der Waals surface area (Å²) in [7, 11) is 0. The summed E-state index contributed by atoms with van der Waals surface area (Å²) < 4.78 is 0. The van der Waals surface area contributed by atoms with E-state index in [1.807, 2.05) is 42.2 Å². The number of nitrogens with zero attached hydrogens (tertiary/aromatic N) is 1. The van der Waals surface area contributed by atoms with Crippen LogP contribution in [-0.2, 0) is 9.59 Å². The van der Waals surface area contributed by atoms with Crippen molar-refractivity contribution in [3.05, 3.63) is 35.9 Å². The first-order valence-corrected chi connectivity index (χ1v) is 7.07. The van der Waals surface area contributed by atoms with Gasteiger partial charge in [-0.25, -0.2) is 0 Å². The monoisotopic (exact) mass is 257 g/mol. The zero-order valence-electron chi connectivity index (χ0n) is 11.2. The summed E-state index contributed by atoms with van der Waals surface area (Å²) in [6.45, 7) is 2.03. The molecule has 3 rings (SSSR count). The fraction of sp³-hybridized carbons (Fsp3) is 0.500. The van der Waals surface area contributed by atoms with Crippen LogP contribution in [0.5, 0.6) is 0 Å². The van der Waals surface area contributed by atoms with Gasteiger partial charge in [0, 0.05) is 12.8 Å². The number of carbonyl (C=O) groups is 2. The highest BCUT2D eigenvalue weighted by Crippen LogP contribution is 2.39. The predicted octanol–water partition coefficient (Wildman–Crippen LogP) is 2.72. The van der Waals surface area contributed by atoms with Crippen LogP contribution in [0.25, 0.3) is 0 Å². The Labute approximate surface area is 113 Å². The summed E-state index contributed by atoms with van der Waals surface area (Å²) in [4.78, 5) is 26.3. The lowest BCUT2D eigenvalue weighted by atomic mass is 9.84. The van der Waals surface area contributed by atoms with Crippen molar-refractivity contribution in [2.75, 3.05) is 0 Å². The molecule has 0 radical (unpaired) electrons. The molecule has 2 aliphatic rings. The van der Waals surface area contributed by atoms with Gasteiger partial charge in [0.25, 0.3) is 0 Å². The van der Waals surface area contributed by atoms with Crippen molar-refractivity contribution in [1.82, 2.24) is 4.90 Å². The molecule has 1 aromatic carbocycles. The van der Waals surface area contributed by atoms with E-state index in [1.54, 1.807) is 0 Å². The number of amides is 1. The van der Waals surface area contributed by atoms with Gasteiger partial charge in [0.1, 0.15) is 0 Å². The highest BCUT2D eigenvalue weighted by Gasteiger charge is 2.47. The van der Waals surface area contributed by atoms with Gasteiger partial charge in [0.2, 0.25) is 5.91 Å². The van der Waals surface area contributed by atoms with E-state index in [0.29, 0.717) is 12.8 Å². The minimum Gasteiger partial charge on any atom is -0.326 e. The highest BCUT2D eigenvalue weighted by molar-refractivity contribution is 5.93. The molecule has 1 aliphatic heterocycles. The van der Waals surface area contributed by atoms with Crippen LogP contribution in [0.2, 0.25) is 0 Å². The summed E-state index contributed by atoms with van der Waals surface area (Å²) in [6.07, 6.45) is 3.14. The Hall–Kier alpha value is -1.64. The smallest absolute Gasteiger partial charge is 0.224 e. The lowest BCUT2D eigenvalue weighted by Crippen LogP contribution is -2.44. The van der Waals surface area contributed by atoms with Gasteiger partial charge < -0.3 is 4.90 Å². The van der Waals surface area contributed by atoms with Crippen molar-refractivity contribution in [2.45, 2.75) is 44.7 Å². The van der Waals surface area contributed by atoms with Crippen LogP contribution < -0.4 is 0 Å². The zero-order chi connectivity index (χ0) is 13.4. The first kappa shape index (κ1) is 12.4. The van der Waals surface area contributed by atoms with Gasteiger partial charge in [-0.2, -0.15) is 0 Å². The van der Waals surface area contributed by atoms with Crippen molar-refractivity contribution in [2.24, 2.45) is 5.92 Å². The number of carbonyl (C=O) groups excluding carboxylic acids is 2. The van der Waals surface area contributed by atoms with Gasteiger partial charge in [-0.05, 0) is 31.2 Å². The van der Waals surface area contributed by atoms with Gasteiger partial charge in [0.15, 0.2) is 5.78 Å². The van der Waals surface area contributed by atoms with E-state index >= 15 is 0 Å². The first-order chi connectivity index (χ1) is 9.18. The third-order valence-corrected chi connectivity index (χ3v) is 4.50. The molecule has 3 atom stereocenters. The molecule has 0 bridgehead atoms. The molecule has 0 aromatic heterocycles. The standard InChI is InChI=1S/C16H19NO2/c1-11(12-6-3-2-4-7-12)17-15(19)10-13-8-5-9-14(18)16(13)17/h2-4,6-7,11,13,16H,5,8-10H2,1H3/t11-,13+,16-/m0/s1. The number of ketones is 1. The molecule has 0 spiro atoms. The first-order valence-electron chi connectivity index (χ1n) is 7.07. The van der Waals surface area contributed by atoms with Crippen LogP contribution in [0.4, 0.5) is 0 Å². The fourth-order valence-electron chi connectivity index (χ4n) is 3.54. The van der Waals surface area contributed by atoms with Crippen LogP contribution in [0, 0.1) is 5.92 Å². The predicted molar refractivity (Wildman–Crippen MR) is 72.5 cm³/mol. The van der Waals surface area contributed by atoms with E-state index < -0.39 is 0 Å². The Morgan fingerprint density at radius 1 is 1.21 bits per heavy atom. The van der Waals surface area contributed by atoms with Crippen LogP contribution in [0.3, 0.4) is 0 Å². The van der Waals surface area contributed by atoms with Crippen LogP contribution >= 0.6 is 0 Å². The summed E-state index contributed by atoms with van der Waals surface area (Å²) in [6, 6.07) is 9.80. The van der Waals surface area contributed by atoms with Crippen LogP contribution in [-0.4, -0.2) is 22.6 Å². The van der Waals surface area contributed by atoms with E-state index in [-0.39, 0.29) is 29.7 Å². The molecular weight excluding hydrogens is 238 g/mol. The van der Waals surface area contributed by atoms with Gasteiger partial charge in [-0.15, -0.1) is 0 Å². The molecule has 1 aliphatic carbocycles. The number of rotatable bonds is 2. The average Bonchev–Trinajstić information content (AvgIpc) is 2.76. The van der Waals surface area contributed by atoms with E-state index in [9.17, 15) is 9.59 Å². The third kappa shape index (κ3) is 2.07. The quantitative estimate of drug-likeness (QED) is 0.817. The average molecular weight is 257 g/mol. The van der Waals surface area contributed by atoms with Crippen LogP contribution in [0.1, 0.15) is 44.2 Å². The maximum atomic E-state index is 12.3. The molecular formula is C16H19NO2. The molecule has 2 fully saturated rings. The second kappa shape index (κ2) is 4.80. The largest absolute Gasteiger partial charge is 0.326 e. The molecule has 1 saturated heterocycles. The Balaban J connectivity index is 1.90. The summed E-state index contributed by atoms with van der Waals surface area (Å²) in [5.41, 5.74) is 1.11. The molecule has 3 heteroatoms. The summed E-state index contributed by atoms with van der Waals surface area (Å²) in [5.74, 6) is 0.645. The second-order valence-corrected chi connectivity index (χ2v) is 5.66. The van der Waals surface area contributed by atoms with Crippen molar-refractivity contribution in [3.8, 4) is 0 Å². The molecule has 0 unspecified atom stereocenters. The zero-order valence-corrected chi connectivity index (χ0v) is 11.2. The third-order valence-electron chi connectivity index (χ3n) is 4.50. The van der Waals surface area contributed by atoms with Crippen LogP contribution in [0.15, 0.2) is 30.3 Å². The minimum absolute atomic E-state index is 0.00856. The normalized spacial score (nSPS) is 28.4. The van der Waals surface area contributed by atoms with Crippen molar-refractivity contribution in [3.63, 3.8) is 0 Å². The Kier molecular flexibility index (Phi) is 3.13. The SMILES string of the molecule is C[C@@H](c1ccccc1)N1C(=O)C[C@H]2CCCC(=O)[C@H]21. The highest BCUT2D eigenvalue weighted by atomic mass is 16.2. The summed E-state index contributed by atoms with van der Waals surface area (Å²) in [5, 5.41) is 0. The number of likely N-dealkylation sites (tertiary alicyclic amines) is 1. The topological polar surface area (TPSA) is 37.4 Å². The van der Waals surface area contributed by atoms with E-state index in [4.69, 9.17) is 0 Å². The minimum atomic E-state index is -0.170. The maximum Gasteiger partial charge on any atom is 0.224 e. The second-order valence-electron chi connectivity index (χ2n) is 5.66. The van der Waals surface area contributed by atoms with Gasteiger partial charge in [-0.3, -0.25) is 9.59 Å². The van der Waals surface area contributed by atoms with Gasteiger partial charge in [0.05, 0.1) is 12.1 Å². The van der Waals surface area contributed by atoms with E-state index in [1.165, 1.54) is 0 Å². The Morgan fingerprint density at radius 3 is 2.68 bits per heavy atom. The Bertz CT molecular complexity index is 497. The number of Topliss-reactive ketones (excluding diaryl/α,β-unsaturated/α-hetero) is 1. The van der Waals surface area contributed by atoms with E-state index in [2.05, 4.69) is 0 Å². The van der Waals surface area contributed by atoms with Crippen molar-refractivity contribution >= 4 is 11.7 Å². The lowest BCUT2D eigenvalue weighted by molar-refractivity contribution is -0.137. The summed E-state index contributed by atoms with van der Waals surface area (Å²) >= 11 is 0. The fourth-order valence-corrected chi connectivity index (χ4v) is 3.54. The molecule has 19 heavy (non-hydrogen) atoms. The molecule has 1 heterocycles. The van der Waals surface area contributed by atoms with Gasteiger partial charge in [-0.1, -0.05) is 30.3 Å². The molecule has 3 nitrogen and oxygen atoms in total.